The number of ether oxygens (including phenoxy) is 1. The van der Waals surface area contributed by atoms with Crippen LogP contribution in [-0.4, -0.2) is 13.1 Å². The molecule has 3 nitrogen and oxygen atoms in total. The van der Waals surface area contributed by atoms with Gasteiger partial charge in [-0.15, -0.1) is 11.3 Å². The van der Waals surface area contributed by atoms with Gasteiger partial charge in [-0.05, 0) is 23.8 Å². The van der Waals surface area contributed by atoms with Crippen LogP contribution in [0.5, 0.6) is 0 Å². The largest absolute Gasteiger partial charge is 0.465 e. The lowest BCUT2D eigenvalue weighted by molar-refractivity contribution is 0.0606. The van der Waals surface area contributed by atoms with Crippen molar-refractivity contribution in [3.05, 3.63) is 50.7 Å². The van der Waals surface area contributed by atoms with Gasteiger partial charge in [-0.25, -0.2) is 4.79 Å². The second kappa shape index (κ2) is 4.87. The molecule has 0 fully saturated rings. The van der Waals surface area contributed by atoms with Crippen LogP contribution in [0.2, 0.25) is 5.02 Å². The van der Waals surface area contributed by atoms with E-state index in [2.05, 4.69) is 4.90 Å². The maximum Gasteiger partial charge on any atom is 0.348 e. The minimum Gasteiger partial charge on any atom is -0.465 e. The highest BCUT2D eigenvalue weighted by atomic mass is 35.5. The van der Waals surface area contributed by atoms with Crippen molar-refractivity contribution in [1.29, 1.82) is 0 Å². The summed E-state index contributed by atoms with van der Waals surface area (Å²) in [4.78, 5) is 15.6. The van der Waals surface area contributed by atoms with E-state index in [1.807, 2.05) is 30.3 Å². The van der Waals surface area contributed by atoms with Gasteiger partial charge in [0, 0.05) is 11.4 Å². The second-order valence-electron chi connectivity index (χ2n) is 4.36. The number of halogens is 1. The Bertz CT molecular complexity index is 615. The fourth-order valence-electron chi connectivity index (χ4n) is 2.25. The predicted octanol–water partition coefficient (Wildman–Crippen LogP) is 3.71. The van der Waals surface area contributed by atoms with E-state index in [1.165, 1.54) is 28.9 Å². The Hall–Kier alpha value is -1.52. The predicted molar refractivity (Wildman–Crippen MR) is 77.0 cm³/mol. The number of anilines is 1. The lowest BCUT2D eigenvalue weighted by atomic mass is 10.2. The zero-order valence-corrected chi connectivity index (χ0v) is 11.9. The molecule has 0 saturated heterocycles. The van der Waals surface area contributed by atoms with Crippen molar-refractivity contribution in [2.45, 2.75) is 13.1 Å². The number of nitrogens with zero attached hydrogens (tertiary/aromatic N) is 1. The third kappa shape index (κ3) is 2.22. The fraction of sp³-hybridized carbons (Fsp3) is 0.214. The number of fused-ring (bicyclic) bond motifs is 1. The number of benzene rings is 1. The average Bonchev–Trinajstić information content (AvgIpc) is 2.96. The minimum absolute atomic E-state index is 0.260. The molecule has 0 aliphatic carbocycles. The Morgan fingerprint density at radius 1 is 1.37 bits per heavy atom. The number of carbonyl (C=O) groups is 1. The third-order valence-corrected chi connectivity index (χ3v) is 4.63. The van der Waals surface area contributed by atoms with Crippen LogP contribution < -0.4 is 4.90 Å². The Labute approximate surface area is 120 Å². The summed E-state index contributed by atoms with van der Waals surface area (Å²) in [6, 6.07) is 9.73. The molecule has 98 valence electrons. The summed E-state index contributed by atoms with van der Waals surface area (Å²) >= 11 is 7.71. The Morgan fingerprint density at radius 3 is 2.84 bits per heavy atom. The van der Waals surface area contributed by atoms with Gasteiger partial charge >= 0.3 is 5.97 Å². The topological polar surface area (TPSA) is 29.5 Å². The molecular weight excluding hydrogens is 282 g/mol. The molecule has 1 aromatic heterocycles. The van der Waals surface area contributed by atoms with Crippen LogP contribution in [-0.2, 0) is 17.8 Å². The Balaban J connectivity index is 1.84. The fourth-order valence-corrected chi connectivity index (χ4v) is 3.61. The molecule has 0 atom stereocenters. The van der Waals surface area contributed by atoms with Crippen LogP contribution in [0.1, 0.15) is 20.1 Å². The van der Waals surface area contributed by atoms with Gasteiger partial charge < -0.3 is 9.64 Å². The van der Waals surface area contributed by atoms with Crippen LogP contribution >= 0.6 is 22.9 Å². The van der Waals surface area contributed by atoms with Crippen molar-refractivity contribution >= 4 is 34.6 Å². The van der Waals surface area contributed by atoms with Crippen molar-refractivity contribution in [3.8, 4) is 0 Å². The summed E-state index contributed by atoms with van der Waals surface area (Å²) in [6.07, 6.45) is 0. The summed E-state index contributed by atoms with van der Waals surface area (Å²) in [5.74, 6) is -0.260. The van der Waals surface area contributed by atoms with Gasteiger partial charge in [-0.1, -0.05) is 23.7 Å². The van der Waals surface area contributed by atoms with Gasteiger partial charge in [0.15, 0.2) is 0 Å². The third-order valence-electron chi connectivity index (χ3n) is 3.17. The van der Waals surface area contributed by atoms with Crippen molar-refractivity contribution in [2.24, 2.45) is 0 Å². The van der Waals surface area contributed by atoms with Crippen molar-refractivity contribution in [3.63, 3.8) is 0 Å². The second-order valence-corrected chi connectivity index (χ2v) is 5.90. The van der Waals surface area contributed by atoms with Crippen LogP contribution in [0.4, 0.5) is 5.69 Å². The summed E-state index contributed by atoms with van der Waals surface area (Å²) < 4.78 is 4.74. The van der Waals surface area contributed by atoms with Gasteiger partial charge in [-0.3, -0.25) is 0 Å². The van der Waals surface area contributed by atoms with E-state index in [1.54, 1.807) is 0 Å². The van der Waals surface area contributed by atoms with Gasteiger partial charge in [0.1, 0.15) is 4.88 Å². The number of para-hydroxylation sites is 1. The highest BCUT2D eigenvalue weighted by molar-refractivity contribution is 7.14. The molecule has 0 spiro atoms. The van der Waals surface area contributed by atoms with E-state index in [0.717, 1.165) is 23.8 Å². The molecular formula is C14H12ClNO2S. The standard InChI is InChI=1S/C14H12ClNO2S/c1-18-14(17)12-6-9-7-16(8-13(9)19-12)11-5-3-2-4-10(11)15/h2-6H,7-8H2,1H3. The van der Waals surface area contributed by atoms with Gasteiger partial charge in [0.05, 0.1) is 24.4 Å². The normalized spacial score (nSPS) is 13.5. The number of rotatable bonds is 2. The first-order valence-corrected chi connectivity index (χ1v) is 7.08. The Kier molecular flexibility index (Phi) is 3.21. The summed E-state index contributed by atoms with van der Waals surface area (Å²) in [7, 11) is 1.41. The summed E-state index contributed by atoms with van der Waals surface area (Å²) in [6.45, 7) is 1.58. The number of thiophene rings is 1. The highest BCUT2D eigenvalue weighted by Gasteiger charge is 2.25. The van der Waals surface area contributed by atoms with Crippen molar-refractivity contribution < 1.29 is 9.53 Å². The lowest BCUT2D eigenvalue weighted by Gasteiger charge is -2.19. The molecule has 0 unspecified atom stereocenters. The summed E-state index contributed by atoms with van der Waals surface area (Å²) in [5, 5.41) is 0.755. The first-order chi connectivity index (χ1) is 9.19. The molecule has 2 aromatic rings. The molecule has 0 N–H and O–H groups in total. The molecule has 0 bridgehead atoms. The maximum absolute atomic E-state index is 11.5. The SMILES string of the molecule is COC(=O)c1cc2c(s1)CN(c1ccccc1Cl)C2. The average molecular weight is 294 g/mol. The van der Waals surface area contributed by atoms with Crippen molar-refractivity contribution in [2.75, 3.05) is 12.0 Å². The molecule has 0 saturated carbocycles. The minimum atomic E-state index is -0.260. The van der Waals surface area contributed by atoms with E-state index in [4.69, 9.17) is 16.3 Å². The lowest BCUT2D eigenvalue weighted by Crippen LogP contribution is -2.15. The van der Waals surface area contributed by atoms with E-state index in [9.17, 15) is 4.79 Å². The maximum atomic E-state index is 11.5. The molecule has 2 heterocycles. The Morgan fingerprint density at radius 2 is 2.16 bits per heavy atom. The van der Waals surface area contributed by atoms with Crippen LogP contribution in [0.3, 0.4) is 0 Å². The van der Waals surface area contributed by atoms with Gasteiger partial charge in [-0.2, -0.15) is 0 Å². The van der Waals surface area contributed by atoms with E-state index >= 15 is 0 Å². The zero-order chi connectivity index (χ0) is 13.4. The first kappa shape index (κ1) is 12.5. The molecule has 1 aliphatic heterocycles. The van der Waals surface area contributed by atoms with Crippen LogP contribution in [0.15, 0.2) is 30.3 Å². The van der Waals surface area contributed by atoms with Crippen LogP contribution in [0.25, 0.3) is 0 Å². The van der Waals surface area contributed by atoms with Crippen LogP contribution in [0, 0.1) is 0 Å². The van der Waals surface area contributed by atoms with Gasteiger partial charge in [0.25, 0.3) is 0 Å². The molecule has 0 amide bonds. The van der Waals surface area contributed by atoms with Gasteiger partial charge in [0.2, 0.25) is 0 Å². The smallest absolute Gasteiger partial charge is 0.348 e. The quantitative estimate of drug-likeness (QED) is 0.791. The molecule has 19 heavy (non-hydrogen) atoms. The molecule has 0 radical (unpaired) electrons. The molecule has 1 aromatic carbocycles. The number of esters is 1. The number of hydrogen-bond donors (Lipinski definition) is 0. The monoisotopic (exact) mass is 293 g/mol. The number of carbonyl (C=O) groups excluding carboxylic acids is 1. The number of hydrogen-bond acceptors (Lipinski definition) is 4. The van der Waals surface area contributed by atoms with E-state index in [0.29, 0.717) is 4.88 Å². The van der Waals surface area contributed by atoms with E-state index < -0.39 is 0 Å². The molecule has 5 heteroatoms. The molecule has 1 aliphatic rings. The zero-order valence-electron chi connectivity index (χ0n) is 10.4. The summed E-state index contributed by atoms with van der Waals surface area (Å²) in [5.41, 5.74) is 2.22. The number of methoxy groups -OCH3 is 1. The molecule has 3 rings (SSSR count). The van der Waals surface area contributed by atoms with E-state index in [-0.39, 0.29) is 5.97 Å². The van der Waals surface area contributed by atoms with Crippen molar-refractivity contribution in [1.82, 2.24) is 0 Å². The first-order valence-electron chi connectivity index (χ1n) is 5.88. The highest BCUT2D eigenvalue weighted by Crippen LogP contribution is 2.36.